The highest BCUT2D eigenvalue weighted by molar-refractivity contribution is 7.99. The molecule has 0 bridgehead atoms. The molecule has 104 valence electrons. The van der Waals surface area contributed by atoms with E-state index in [0.717, 1.165) is 31.9 Å². The average Bonchev–Trinajstić information content (AvgIpc) is 2.75. The Morgan fingerprint density at radius 3 is 2.94 bits per heavy atom. The van der Waals surface area contributed by atoms with Crippen LogP contribution in [0, 0.1) is 5.92 Å². The van der Waals surface area contributed by atoms with Crippen molar-refractivity contribution in [1.82, 2.24) is 4.90 Å². The van der Waals surface area contributed by atoms with Gasteiger partial charge in [-0.15, -0.1) is 0 Å². The third kappa shape index (κ3) is 2.72. The zero-order valence-corrected chi connectivity index (χ0v) is 12.1. The standard InChI is InChI=1S/C14H25NO2S/c1-15(9-11-6-13(16)7-11)12-2-4-17-14(8-12)3-5-18-10-14/h11-13,16H,2-10H2,1H3. The number of aliphatic hydroxyl groups excluding tert-OH is 1. The monoisotopic (exact) mass is 271 g/mol. The summed E-state index contributed by atoms with van der Waals surface area (Å²) in [7, 11) is 2.26. The van der Waals surface area contributed by atoms with Crippen LogP contribution in [0.3, 0.4) is 0 Å². The highest BCUT2D eigenvalue weighted by atomic mass is 32.2. The van der Waals surface area contributed by atoms with Gasteiger partial charge >= 0.3 is 0 Å². The van der Waals surface area contributed by atoms with Crippen LogP contribution in [0.1, 0.15) is 32.1 Å². The fourth-order valence-corrected chi connectivity index (χ4v) is 5.03. The van der Waals surface area contributed by atoms with Gasteiger partial charge in [0.2, 0.25) is 0 Å². The third-order valence-electron chi connectivity index (χ3n) is 4.91. The van der Waals surface area contributed by atoms with Crippen LogP contribution in [-0.4, -0.2) is 59.5 Å². The summed E-state index contributed by atoms with van der Waals surface area (Å²) in [6.45, 7) is 2.09. The summed E-state index contributed by atoms with van der Waals surface area (Å²) in [5.41, 5.74) is 0.195. The molecule has 2 aliphatic heterocycles. The van der Waals surface area contributed by atoms with Gasteiger partial charge in [-0.3, -0.25) is 0 Å². The predicted molar refractivity (Wildman–Crippen MR) is 75.0 cm³/mol. The molecule has 2 unspecified atom stereocenters. The maximum atomic E-state index is 9.37. The van der Waals surface area contributed by atoms with Crippen molar-refractivity contribution < 1.29 is 9.84 Å². The first kappa shape index (κ1) is 13.2. The predicted octanol–water partition coefficient (Wildman–Crippen LogP) is 1.74. The molecular formula is C14H25NO2S. The Labute approximate surface area is 114 Å². The lowest BCUT2D eigenvalue weighted by Gasteiger charge is -2.43. The van der Waals surface area contributed by atoms with Crippen LogP contribution in [0.15, 0.2) is 0 Å². The van der Waals surface area contributed by atoms with Crippen LogP contribution in [0.4, 0.5) is 0 Å². The molecule has 1 saturated carbocycles. The van der Waals surface area contributed by atoms with Crippen LogP contribution < -0.4 is 0 Å². The number of rotatable bonds is 3. The van der Waals surface area contributed by atoms with Crippen LogP contribution in [-0.2, 0) is 4.74 Å². The quantitative estimate of drug-likeness (QED) is 0.847. The topological polar surface area (TPSA) is 32.7 Å². The number of hydrogen-bond donors (Lipinski definition) is 1. The van der Waals surface area contributed by atoms with E-state index < -0.39 is 0 Å². The first-order chi connectivity index (χ1) is 8.67. The number of ether oxygens (including phenoxy) is 1. The van der Waals surface area contributed by atoms with E-state index in [0.29, 0.717) is 6.04 Å². The molecule has 4 heteroatoms. The minimum atomic E-state index is -0.0179. The maximum absolute atomic E-state index is 9.37. The molecule has 0 radical (unpaired) electrons. The van der Waals surface area contributed by atoms with Gasteiger partial charge in [0.1, 0.15) is 0 Å². The first-order valence-electron chi connectivity index (χ1n) is 7.27. The second kappa shape index (κ2) is 5.31. The van der Waals surface area contributed by atoms with Crippen molar-refractivity contribution in [2.75, 3.05) is 31.7 Å². The maximum Gasteiger partial charge on any atom is 0.0795 e. The van der Waals surface area contributed by atoms with Gasteiger partial charge in [-0.2, -0.15) is 11.8 Å². The Kier molecular flexibility index (Phi) is 3.90. The Morgan fingerprint density at radius 2 is 2.28 bits per heavy atom. The molecule has 1 spiro atoms. The number of aliphatic hydroxyl groups is 1. The van der Waals surface area contributed by atoms with Crippen molar-refractivity contribution in [2.24, 2.45) is 5.92 Å². The minimum absolute atomic E-state index is 0.0179. The Hall–Kier alpha value is 0.230. The molecule has 2 saturated heterocycles. The molecule has 18 heavy (non-hydrogen) atoms. The van der Waals surface area contributed by atoms with Gasteiger partial charge in [-0.1, -0.05) is 0 Å². The van der Waals surface area contributed by atoms with Gasteiger partial charge in [0.05, 0.1) is 11.7 Å². The third-order valence-corrected chi connectivity index (χ3v) is 6.14. The molecule has 3 rings (SSSR count). The second-order valence-corrected chi connectivity index (χ2v) is 7.52. The van der Waals surface area contributed by atoms with Gasteiger partial charge in [-0.05, 0) is 50.8 Å². The van der Waals surface area contributed by atoms with Crippen LogP contribution in [0.25, 0.3) is 0 Å². The number of thioether (sulfide) groups is 1. The van der Waals surface area contributed by atoms with Crippen molar-refractivity contribution in [3.8, 4) is 0 Å². The van der Waals surface area contributed by atoms with E-state index in [9.17, 15) is 5.11 Å². The van der Waals surface area contributed by atoms with Gasteiger partial charge in [0.15, 0.2) is 0 Å². The lowest BCUT2D eigenvalue weighted by molar-refractivity contribution is -0.0909. The van der Waals surface area contributed by atoms with Crippen molar-refractivity contribution in [3.63, 3.8) is 0 Å². The zero-order chi connectivity index (χ0) is 12.6. The summed E-state index contributed by atoms with van der Waals surface area (Å²) >= 11 is 2.05. The molecule has 1 aliphatic carbocycles. The smallest absolute Gasteiger partial charge is 0.0795 e. The summed E-state index contributed by atoms with van der Waals surface area (Å²) in [5, 5.41) is 9.37. The van der Waals surface area contributed by atoms with E-state index in [4.69, 9.17) is 4.74 Å². The molecule has 3 fully saturated rings. The van der Waals surface area contributed by atoms with Gasteiger partial charge in [-0.25, -0.2) is 0 Å². The fraction of sp³-hybridized carbons (Fsp3) is 1.00. The van der Waals surface area contributed by atoms with Gasteiger partial charge < -0.3 is 14.7 Å². The highest BCUT2D eigenvalue weighted by Crippen LogP contribution is 2.40. The molecule has 0 aromatic rings. The zero-order valence-electron chi connectivity index (χ0n) is 11.3. The SMILES string of the molecule is CN(CC1CC(O)C1)C1CCOC2(CCSC2)C1. The molecule has 3 nitrogen and oxygen atoms in total. The summed E-state index contributed by atoms with van der Waals surface area (Å²) < 4.78 is 6.08. The van der Waals surface area contributed by atoms with E-state index >= 15 is 0 Å². The van der Waals surface area contributed by atoms with Crippen molar-refractivity contribution in [3.05, 3.63) is 0 Å². The summed E-state index contributed by atoms with van der Waals surface area (Å²) in [4.78, 5) is 2.53. The van der Waals surface area contributed by atoms with E-state index in [1.54, 1.807) is 0 Å². The summed E-state index contributed by atoms with van der Waals surface area (Å²) in [6, 6.07) is 0.690. The average molecular weight is 271 g/mol. The van der Waals surface area contributed by atoms with Crippen LogP contribution in [0.2, 0.25) is 0 Å². The highest BCUT2D eigenvalue weighted by Gasteiger charge is 2.42. The number of nitrogens with zero attached hydrogens (tertiary/aromatic N) is 1. The summed E-state index contributed by atoms with van der Waals surface area (Å²) in [6.07, 6.45) is 5.63. The molecule has 0 aromatic carbocycles. The molecular weight excluding hydrogens is 246 g/mol. The molecule has 1 N–H and O–H groups in total. The molecule has 3 aliphatic rings. The Morgan fingerprint density at radius 1 is 1.44 bits per heavy atom. The Balaban J connectivity index is 1.51. The van der Waals surface area contributed by atoms with E-state index in [-0.39, 0.29) is 11.7 Å². The van der Waals surface area contributed by atoms with E-state index in [1.807, 2.05) is 11.8 Å². The molecule has 2 atom stereocenters. The lowest BCUT2D eigenvalue weighted by atomic mass is 9.81. The van der Waals surface area contributed by atoms with Crippen LogP contribution in [0.5, 0.6) is 0 Å². The molecule has 2 heterocycles. The van der Waals surface area contributed by atoms with Crippen molar-refractivity contribution in [2.45, 2.75) is 49.9 Å². The number of hydrogen-bond acceptors (Lipinski definition) is 4. The summed E-state index contributed by atoms with van der Waals surface area (Å²) in [5.74, 6) is 3.19. The normalized spacial score (nSPS) is 44.5. The van der Waals surface area contributed by atoms with E-state index in [1.165, 1.54) is 30.8 Å². The van der Waals surface area contributed by atoms with Crippen molar-refractivity contribution >= 4 is 11.8 Å². The Bertz CT molecular complexity index is 288. The van der Waals surface area contributed by atoms with Gasteiger partial charge in [0, 0.05) is 24.9 Å². The fourth-order valence-electron chi connectivity index (χ4n) is 3.65. The van der Waals surface area contributed by atoms with Gasteiger partial charge in [0.25, 0.3) is 0 Å². The minimum Gasteiger partial charge on any atom is -0.393 e. The lowest BCUT2D eigenvalue weighted by Crippen LogP contribution is -2.49. The van der Waals surface area contributed by atoms with Crippen molar-refractivity contribution in [1.29, 1.82) is 0 Å². The second-order valence-electron chi connectivity index (χ2n) is 6.41. The van der Waals surface area contributed by atoms with E-state index in [2.05, 4.69) is 11.9 Å². The molecule has 0 aromatic heterocycles. The molecule has 0 amide bonds. The van der Waals surface area contributed by atoms with Crippen LogP contribution >= 0.6 is 11.8 Å². The first-order valence-corrected chi connectivity index (χ1v) is 8.42. The largest absolute Gasteiger partial charge is 0.393 e.